The third-order valence-electron chi connectivity index (χ3n) is 4.88. The maximum absolute atomic E-state index is 12.2. The number of hydrogen-bond donors (Lipinski definition) is 2. The van der Waals surface area contributed by atoms with Gasteiger partial charge in [0, 0.05) is 18.5 Å². The molecule has 3 heteroatoms. The molecule has 0 spiro atoms. The van der Waals surface area contributed by atoms with E-state index in [9.17, 15) is 4.79 Å². The Labute approximate surface area is 117 Å². The second-order valence-corrected chi connectivity index (χ2v) is 7.07. The molecule has 2 aliphatic rings. The van der Waals surface area contributed by atoms with E-state index in [2.05, 4.69) is 31.4 Å². The Kier molecular flexibility index (Phi) is 5.26. The van der Waals surface area contributed by atoms with Crippen LogP contribution in [-0.2, 0) is 4.79 Å². The third kappa shape index (κ3) is 4.48. The molecular weight excluding hydrogens is 236 g/mol. The van der Waals surface area contributed by atoms with Gasteiger partial charge in [-0.05, 0) is 56.4 Å². The van der Waals surface area contributed by atoms with Crippen LogP contribution in [0.15, 0.2) is 0 Å². The maximum Gasteiger partial charge on any atom is 0.221 e. The summed E-state index contributed by atoms with van der Waals surface area (Å²) < 4.78 is 0. The monoisotopic (exact) mass is 266 g/mol. The van der Waals surface area contributed by atoms with Crippen molar-refractivity contribution >= 4 is 5.91 Å². The molecule has 1 aliphatic carbocycles. The van der Waals surface area contributed by atoms with Gasteiger partial charge >= 0.3 is 0 Å². The predicted molar refractivity (Wildman–Crippen MR) is 78.9 cm³/mol. The van der Waals surface area contributed by atoms with Gasteiger partial charge in [0.05, 0.1) is 0 Å². The van der Waals surface area contributed by atoms with Crippen molar-refractivity contribution in [3.8, 4) is 0 Å². The van der Waals surface area contributed by atoms with Crippen LogP contribution in [0, 0.1) is 17.8 Å². The van der Waals surface area contributed by atoms with Gasteiger partial charge < -0.3 is 10.6 Å². The second kappa shape index (κ2) is 6.74. The van der Waals surface area contributed by atoms with Gasteiger partial charge in [-0.15, -0.1) is 0 Å². The van der Waals surface area contributed by atoms with Gasteiger partial charge in [-0.25, -0.2) is 0 Å². The predicted octanol–water partition coefficient (Wildman–Crippen LogP) is 2.71. The first-order valence-corrected chi connectivity index (χ1v) is 8.07. The molecule has 1 heterocycles. The highest BCUT2D eigenvalue weighted by atomic mass is 16.1. The standard InChI is InChI=1S/C16H30N2O/c1-11-7-12(2)9-14(8-11)18-16(19)10-15-13(3)5-4-6-17-15/h11-15,17H,4-10H2,1-3H3,(H,18,19). The van der Waals surface area contributed by atoms with E-state index in [-0.39, 0.29) is 5.91 Å². The van der Waals surface area contributed by atoms with E-state index in [4.69, 9.17) is 0 Å². The molecule has 0 aromatic rings. The molecule has 4 atom stereocenters. The summed E-state index contributed by atoms with van der Waals surface area (Å²) in [6, 6.07) is 0.789. The molecule has 2 N–H and O–H groups in total. The topological polar surface area (TPSA) is 41.1 Å². The average molecular weight is 266 g/mol. The van der Waals surface area contributed by atoms with Crippen LogP contribution >= 0.6 is 0 Å². The smallest absolute Gasteiger partial charge is 0.221 e. The fourth-order valence-corrected chi connectivity index (χ4v) is 3.94. The molecule has 2 fully saturated rings. The van der Waals surface area contributed by atoms with Gasteiger partial charge in [-0.2, -0.15) is 0 Å². The van der Waals surface area contributed by atoms with Crippen molar-refractivity contribution in [2.24, 2.45) is 17.8 Å². The molecule has 0 aromatic carbocycles. The van der Waals surface area contributed by atoms with Crippen LogP contribution in [0.25, 0.3) is 0 Å². The highest BCUT2D eigenvalue weighted by molar-refractivity contribution is 5.77. The molecule has 0 aromatic heterocycles. The Balaban J connectivity index is 1.77. The van der Waals surface area contributed by atoms with Crippen LogP contribution in [0.1, 0.15) is 59.3 Å². The second-order valence-electron chi connectivity index (χ2n) is 7.07. The number of carbonyl (C=O) groups is 1. The van der Waals surface area contributed by atoms with Gasteiger partial charge in [-0.1, -0.05) is 20.8 Å². The van der Waals surface area contributed by atoms with E-state index < -0.39 is 0 Å². The Morgan fingerprint density at radius 1 is 1.16 bits per heavy atom. The van der Waals surface area contributed by atoms with Crippen LogP contribution in [0.5, 0.6) is 0 Å². The minimum Gasteiger partial charge on any atom is -0.353 e. The van der Waals surface area contributed by atoms with Crippen LogP contribution in [0.2, 0.25) is 0 Å². The average Bonchev–Trinajstić information content (AvgIpc) is 2.30. The summed E-state index contributed by atoms with van der Waals surface area (Å²) in [4.78, 5) is 12.2. The molecule has 3 nitrogen and oxygen atoms in total. The summed E-state index contributed by atoms with van der Waals surface area (Å²) in [6.07, 6.45) is 6.78. The molecule has 0 radical (unpaired) electrons. The molecule has 1 saturated carbocycles. The van der Waals surface area contributed by atoms with E-state index in [0.717, 1.165) is 31.2 Å². The van der Waals surface area contributed by atoms with E-state index in [1.165, 1.54) is 19.3 Å². The molecular formula is C16H30N2O. The molecule has 0 bridgehead atoms. The summed E-state index contributed by atoms with van der Waals surface area (Å²) >= 11 is 0. The molecule has 1 saturated heterocycles. The zero-order valence-electron chi connectivity index (χ0n) is 12.7. The van der Waals surface area contributed by atoms with Gasteiger partial charge in [0.1, 0.15) is 0 Å². The Hall–Kier alpha value is -0.570. The molecule has 19 heavy (non-hydrogen) atoms. The van der Waals surface area contributed by atoms with E-state index >= 15 is 0 Å². The van der Waals surface area contributed by atoms with Crippen molar-refractivity contribution in [2.75, 3.05) is 6.54 Å². The number of carbonyl (C=O) groups excluding carboxylic acids is 1. The quantitative estimate of drug-likeness (QED) is 0.824. The lowest BCUT2D eigenvalue weighted by Gasteiger charge is -2.33. The first-order chi connectivity index (χ1) is 9.04. The Bertz CT molecular complexity index is 295. The molecule has 2 rings (SSSR count). The van der Waals surface area contributed by atoms with E-state index in [0.29, 0.717) is 24.4 Å². The Morgan fingerprint density at radius 3 is 2.47 bits per heavy atom. The number of piperidine rings is 1. The Morgan fingerprint density at radius 2 is 1.84 bits per heavy atom. The minimum atomic E-state index is 0.248. The fraction of sp³-hybridized carbons (Fsp3) is 0.938. The maximum atomic E-state index is 12.2. The summed E-state index contributed by atoms with van der Waals surface area (Å²) in [6.45, 7) is 7.94. The van der Waals surface area contributed by atoms with Gasteiger partial charge in [0.2, 0.25) is 5.91 Å². The van der Waals surface area contributed by atoms with Crippen molar-refractivity contribution in [3.05, 3.63) is 0 Å². The van der Waals surface area contributed by atoms with E-state index in [1.54, 1.807) is 0 Å². The molecule has 1 amide bonds. The lowest BCUT2D eigenvalue weighted by Crippen LogP contribution is -2.46. The highest BCUT2D eigenvalue weighted by Gasteiger charge is 2.27. The lowest BCUT2D eigenvalue weighted by atomic mass is 9.80. The van der Waals surface area contributed by atoms with Crippen LogP contribution < -0.4 is 10.6 Å². The number of hydrogen-bond acceptors (Lipinski definition) is 2. The first-order valence-electron chi connectivity index (χ1n) is 8.07. The van der Waals surface area contributed by atoms with Crippen molar-refractivity contribution in [1.29, 1.82) is 0 Å². The summed E-state index contributed by atoms with van der Waals surface area (Å²) in [5, 5.41) is 6.76. The minimum absolute atomic E-state index is 0.248. The van der Waals surface area contributed by atoms with Gasteiger partial charge in [-0.3, -0.25) is 4.79 Å². The van der Waals surface area contributed by atoms with Crippen LogP contribution in [-0.4, -0.2) is 24.5 Å². The van der Waals surface area contributed by atoms with Gasteiger partial charge in [0.25, 0.3) is 0 Å². The lowest BCUT2D eigenvalue weighted by molar-refractivity contribution is -0.123. The summed E-state index contributed by atoms with van der Waals surface area (Å²) in [5.41, 5.74) is 0. The molecule has 110 valence electrons. The summed E-state index contributed by atoms with van der Waals surface area (Å²) in [5.74, 6) is 2.38. The SMILES string of the molecule is CC1CC(C)CC(NC(=O)CC2NCCCC2C)C1. The highest BCUT2D eigenvalue weighted by Crippen LogP contribution is 2.28. The fourth-order valence-electron chi connectivity index (χ4n) is 3.94. The van der Waals surface area contributed by atoms with E-state index in [1.807, 2.05) is 0 Å². The van der Waals surface area contributed by atoms with Crippen molar-refractivity contribution in [1.82, 2.24) is 10.6 Å². The van der Waals surface area contributed by atoms with Crippen molar-refractivity contribution in [3.63, 3.8) is 0 Å². The third-order valence-corrected chi connectivity index (χ3v) is 4.88. The van der Waals surface area contributed by atoms with Crippen LogP contribution in [0.4, 0.5) is 0 Å². The molecule has 1 aliphatic heterocycles. The van der Waals surface area contributed by atoms with Gasteiger partial charge in [0.15, 0.2) is 0 Å². The zero-order valence-corrected chi connectivity index (χ0v) is 12.7. The number of nitrogens with one attached hydrogen (secondary N) is 2. The van der Waals surface area contributed by atoms with Crippen molar-refractivity contribution in [2.45, 2.75) is 71.4 Å². The normalized spacial score (nSPS) is 39.8. The summed E-state index contributed by atoms with van der Waals surface area (Å²) in [7, 11) is 0. The zero-order chi connectivity index (χ0) is 13.8. The molecule has 4 unspecified atom stereocenters. The largest absolute Gasteiger partial charge is 0.353 e. The first kappa shape index (κ1) is 14.8. The number of amides is 1. The number of rotatable bonds is 3. The van der Waals surface area contributed by atoms with Crippen LogP contribution in [0.3, 0.4) is 0 Å². The van der Waals surface area contributed by atoms with Crippen molar-refractivity contribution < 1.29 is 4.79 Å².